The zero-order chi connectivity index (χ0) is 18.0. The Bertz CT molecular complexity index is 566. The molecule has 24 heavy (non-hydrogen) atoms. The van der Waals surface area contributed by atoms with Crippen LogP contribution in [-0.2, 0) is 4.79 Å². The van der Waals surface area contributed by atoms with Crippen LogP contribution in [-0.4, -0.2) is 19.0 Å². The minimum Gasteiger partial charge on any atom is -0.382 e. The molecule has 2 rings (SSSR count). The molecule has 1 atom stereocenters. The molecule has 0 aromatic rings. The van der Waals surface area contributed by atoms with Gasteiger partial charge in [-0.1, -0.05) is 50.3 Å². The molecule has 1 unspecified atom stereocenters. The number of halogens is 3. The molecule has 132 valence electrons. The molecule has 0 amide bonds. The van der Waals surface area contributed by atoms with E-state index >= 15 is 0 Å². The maximum atomic E-state index is 12.5. The van der Waals surface area contributed by atoms with E-state index in [4.69, 9.17) is 0 Å². The Balaban J connectivity index is 0.00000139. The number of alkyl halides is 3. The van der Waals surface area contributed by atoms with E-state index in [9.17, 15) is 18.0 Å². The largest absolute Gasteiger partial charge is 0.416 e. The first kappa shape index (κ1) is 20.0. The standard InChI is InChI=1S/C17H18F3NO.C2H6/c18-17(19,20)15-8-6-13(7-9-15)4-2-10-21-16-5-1-3-14(11-16)12-22;1-2/h2,4-6,8-9,11-13,21H,1,3,7,10H2;1-2H3/b4-2+;. The smallest absolute Gasteiger partial charge is 0.382 e. The lowest BCUT2D eigenvalue weighted by molar-refractivity contribution is -0.105. The number of hydrogen-bond acceptors (Lipinski definition) is 2. The van der Waals surface area contributed by atoms with E-state index in [0.717, 1.165) is 36.5 Å². The van der Waals surface area contributed by atoms with E-state index in [0.29, 0.717) is 13.0 Å². The van der Waals surface area contributed by atoms with Crippen molar-refractivity contribution in [2.24, 2.45) is 5.92 Å². The van der Waals surface area contributed by atoms with Gasteiger partial charge in [-0.2, -0.15) is 13.2 Å². The summed E-state index contributed by atoms with van der Waals surface area (Å²) in [7, 11) is 0. The molecule has 0 aromatic carbocycles. The summed E-state index contributed by atoms with van der Waals surface area (Å²) < 4.78 is 37.4. The van der Waals surface area contributed by atoms with Gasteiger partial charge in [-0.05, 0) is 36.8 Å². The van der Waals surface area contributed by atoms with Crippen molar-refractivity contribution in [2.75, 3.05) is 6.54 Å². The number of carbonyl (C=O) groups excluding carboxylic acids is 1. The van der Waals surface area contributed by atoms with Gasteiger partial charge in [0.2, 0.25) is 0 Å². The van der Waals surface area contributed by atoms with E-state index in [2.05, 4.69) is 5.32 Å². The van der Waals surface area contributed by atoms with Gasteiger partial charge in [-0.25, -0.2) is 0 Å². The van der Waals surface area contributed by atoms with Crippen molar-refractivity contribution in [3.8, 4) is 0 Å². The zero-order valence-corrected chi connectivity index (χ0v) is 14.1. The van der Waals surface area contributed by atoms with E-state index in [1.807, 2.05) is 38.2 Å². The summed E-state index contributed by atoms with van der Waals surface area (Å²) in [5.41, 5.74) is 1.11. The van der Waals surface area contributed by atoms with Crippen LogP contribution in [0.5, 0.6) is 0 Å². The molecule has 0 aromatic heterocycles. The van der Waals surface area contributed by atoms with Crippen LogP contribution in [0.3, 0.4) is 0 Å². The first-order chi connectivity index (χ1) is 11.5. The predicted octanol–water partition coefficient (Wildman–Crippen LogP) is 5.03. The van der Waals surface area contributed by atoms with Crippen molar-refractivity contribution in [3.63, 3.8) is 0 Å². The van der Waals surface area contributed by atoms with Crippen LogP contribution < -0.4 is 5.32 Å². The van der Waals surface area contributed by atoms with E-state index in [1.54, 1.807) is 6.08 Å². The minimum absolute atomic E-state index is 0.00527. The summed E-state index contributed by atoms with van der Waals surface area (Å²) in [5, 5.41) is 3.18. The second-order valence-corrected chi connectivity index (χ2v) is 5.26. The molecule has 1 N–H and O–H groups in total. The number of allylic oxidation sites excluding steroid dienone is 8. The lowest BCUT2D eigenvalue weighted by atomic mass is 9.96. The number of hydrogen-bond donors (Lipinski definition) is 1. The number of aldehydes is 1. The van der Waals surface area contributed by atoms with E-state index in [1.165, 1.54) is 6.08 Å². The molecule has 2 nitrogen and oxygen atoms in total. The third-order valence-electron chi connectivity index (χ3n) is 3.56. The maximum absolute atomic E-state index is 12.5. The highest BCUT2D eigenvalue weighted by Gasteiger charge is 2.32. The monoisotopic (exact) mass is 339 g/mol. The Hall–Kier alpha value is -2.04. The summed E-state index contributed by atoms with van der Waals surface area (Å²) >= 11 is 0. The summed E-state index contributed by atoms with van der Waals surface area (Å²) in [6.45, 7) is 4.58. The van der Waals surface area contributed by atoms with Gasteiger partial charge in [0.05, 0.1) is 5.57 Å². The summed E-state index contributed by atoms with van der Waals surface area (Å²) in [4.78, 5) is 10.7. The first-order valence-electron chi connectivity index (χ1n) is 8.21. The third kappa shape index (κ3) is 6.60. The molecule has 0 fully saturated rings. The first-order valence-corrected chi connectivity index (χ1v) is 8.21. The number of rotatable bonds is 5. The molecule has 0 radical (unpaired) electrons. The topological polar surface area (TPSA) is 29.1 Å². The van der Waals surface area contributed by atoms with Gasteiger partial charge < -0.3 is 5.32 Å². The molecular formula is C19H24F3NO. The van der Waals surface area contributed by atoms with Gasteiger partial charge in [-0.3, -0.25) is 4.79 Å². The van der Waals surface area contributed by atoms with Gasteiger partial charge in [-0.15, -0.1) is 0 Å². The second-order valence-electron chi connectivity index (χ2n) is 5.26. The Morgan fingerprint density at radius 1 is 1.29 bits per heavy atom. The molecule has 0 heterocycles. The molecule has 0 saturated heterocycles. The Morgan fingerprint density at radius 3 is 2.62 bits per heavy atom. The SMILES string of the molecule is CC.O=CC1=CC(NC/C=C/C2C=CC(C(F)(F)F)=CC2)=CCC1. The Morgan fingerprint density at radius 2 is 2.04 bits per heavy atom. The van der Waals surface area contributed by atoms with Crippen LogP contribution in [0.2, 0.25) is 0 Å². The highest BCUT2D eigenvalue weighted by Crippen LogP contribution is 2.31. The summed E-state index contributed by atoms with van der Waals surface area (Å²) in [6, 6.07) is 0. The van der Waals surface area contributed by atoms with Crippen LogP contribution in [0.25, 0.3) is 0 Å². The molecular weight excluding hydrogens is 315 g/mol. The molecule has 0 saturated carbocycles. The van der Waals surface area contributed by atoms with E-state index < -0.39 is 11.7 Å². The van der Waals surface area contributed by atoms with Crippen LogP contribution in [0, 0.1) is 5.92 Å². The minimum atomic E-state index is -4.26. The number of nitrogens with one attached hydrogen (secondary N) is 1. The fourth-order valence-corrected chi connectivity index (χ4v) is 2.35. The lowest BCUT2D eigenvalue weighted by Gasteiger charge is -2.15. The van der Waals surface area contributed by atoms with Crippen LogP contribution in [0.4, 0.5) is 13.2 Å². The average Bonchev–Trinajstić information content (AvgIpc) is 2.60. The molecule has 0 spiro atoms. The lowest BCUT2D eigenvalue weighted by Crippen LogP contribution is -2.15. The second kappa shape index (κ2) is 9.96. The van der Waals surface area contributed by atoms with Crippen molar-refractivity contribution in [1.29, 1.82) is 0 Å². The van der Waals surface area contributed by atoms with Crippen LogP contribution >= 0.6 is 0 Å². The fraction of sp³-hybridized carbons (Fsp3) is 0.421. The van der Waals surface area contributed by atoms with Crippen molar-refractivity contribution >= 4 is 6.29 Å². The fourth-order valence-electron chi connectivity index (χ4n) is 2.35. The van der Waals surface area contributed by atoms with Crippen LogP contribution in [0.15, 0.2) is 59.4 Å². The van der Waals surface area contributed by atoms with Crippen molar-refractivity contribution < 1.29 is 18.0 Å². The predicted molar refractivity (Wildman–Crippen MR) is 91.3 cm³/mol. The van der Waals surface area contributed by atoms with Gasteiger partial charge in [0.1, 0.15) is 6.29 Å². The summed E-state index contributed by atoms with van der Waals surface area (Å²) in [5.74, 6) is -0.00527. The summed E-state index contributed by atoms with van der Waals surface area (Å²) in [6.07, 6.45) is 10.1. The highest BCUT2D eigenvalue weighted by atomic mass is 19.4. The molecule has 5 heteroatoms. The molecule has 2 aliphatic rings. The van der Waals surface area contributed by atoms with Crippen molar-refractivity contribution in [3.05, 3.63) is 59.4 Å². The Labute approximate surface area is 141 Å². The van der Waals surface area contributed by atoms with E-state index in [-0.39, 0.29) is 5.92 Å². The quantitative estimate of drug-likeness (QED) is 0.562. The van der Waals surface area contributed by atoms with Gasteiger partial charge >= 0.3 is 6.18 Å². The number of carbonyl (C=O) groups is 1. The Kier molecular flexibility index (Phi) is 8.30. The highest BCUT2D eigenvalue weighted by molar-refractivity contribution is 5.74. The third-order valence-corrected chi connectivity index (χ3v) is 3.56. The van der Waals surface area contributed by atoms with Crippen LogP contribution in [0.1, 0.15) is 33.1 Å². The maximum Gasteiger partial charge on any atom is 0.416 e. The zero-order valence-electron chi connectivity index (χ0n) is 14.1. The molecule has 0 aliphatic heterocycles. The van der Waals surface area contributed by atoms with Gasteiger partial charge in [0, 0.05) is 12.2 Å². The van der Waals surface area contributed by atoms with Crippen molar-refractivity contribution in [2.45, 2.75) is 39.3 Å². The van der Waals surface area contributed by atoms with Crippen molar-refractivity contribution in [1.82, 2.24) is 5.32 Å². The average molecular weight is 339 g/mol. The van der Waals surface area contributed by atoms with Gasteiger partial charge in [0.25, 0.3) is 0 Å². The molecule has 0 bridgehead atoms. The van der Waals surface area contributed by atoms with Gasteiger partial charge in [0.15, 0.2) is 0 Å². The molecule has 2 aliphatic carbocycles. The normalized spacial score (nSPS) is 20.5.